The van der Waals surface area contributed by atoms with Crippen LogP contribution in [0.15, 0.2) is 64.8 Å². The van der Waals surface area contributed by atoms with Crippen molar-refractivity contribution in [1.82, 2.24) is 0 Å². The molecule has 0 saturated carbocycles. The third-order valence-electron chi connectivity index (χ3n) is 6.30. The number of para-hydroxylation sites is 2. The van der Waals surface area contributed by atoms with E-state index < -0.39 is 17.5 Å². The molecule has 31 heavy (non-hydrogen) atoms. The first-order valence-corrected chi connectivity index (χ1v) is 10.5. The van der Waals surface area contributed by atoms with E-state index in [1.165, 1.54) is 0 Å². The molecule has 1 aliphatic carbocycles. The Balaban J connectivity index is 1.82. The van der Waals surface area contributed by atoms with E-state index in [-0.39, 0.29) is 34.8 Å². The van der Waals surface area contributed by atoms with E-state index in [1.54, 1.807) is 0 Å². The van der Waals surface area contributed by atoms with Crippen LogP contribution in [0.1, 0.15) is 33.3 Å². The van der Waals surface area contributed by atoms with Gasteiger partial charge in [0.05, 0.1) is 22.6 Å². The number of amidine groups is 1. The number of anilines is 2. The average Bonchev–Trinajstić information content (AvgIpc) is 3.05. The predicted octanol–water partition coefficient (Wildman–Crippen LogP) is 6.24. The highest BCUT2D eigenvalue weighted by Gasteiger charge is 2.47. The average molecular weight is 423 g/mol. The Kier molecular flexibility index (Phi) is 4.33. The van der Waals surface area contributed by atoms with Gasteiger partial charge in [0.15, 0.2) is 0 Å². The first-order valence-electron chi connectivity index (χ1n) is 10.5. The molecule has 0 radical (unpaired) electrons. The minimum atomic E-state index is -0.963. The minimum absolute atomic E-state index is 0.0121. The molecule has 6 heteroatoms. The molecule has 3 unspecified atom stereocenters. The summed E-state index contributed by atoms with van der Waals surface area (Å²) in [6, 6.07) is 9.06. The van der Waals surface area contributed by atoms with Crippen molar-refractivity contribution in [2.24, 2.45) is 22.2 Å². The number of hydrogen-bond acceptors (Lipinski definition) is 3. The van der Waals surface area contributed by atoms with E-state index in [1.807, 2.05) is 29.2 Å². The van der Waals surface area contributed by atoms with E-state index in [2.05, 4.69) is 45.2 Å². The molecule has 2 aromatic carbocycles. The normalized spacial score (nSPS) is 24.4. The molecule has 160 valence electrons. The van der Waals surface area contributed by atoms with Crippen molar-refractivity contribution in [1.29, 1.82) is 0 Å². The van der Waals surface area contributed by atoms with Crippen LogP contribution in [-0.2, 0) is 0 Å². The fraction of sp³-hybridized carbons (Fsp3) is 0.320. The van der Waals surface area contributed by atoms with Crippen molar-refractivity contribution in [2.45, 2.75) is 33.9 Å². The summed E-state index contributed by atoms with van der Waals surface area (Å²) in [6.45, 7) is 8.43. The third kappa shape index (κ3) is 2.99. The lowest BCUT2D eigenvalue weighted by molar-refractivity contribution is 0.388. The molecule has 0 spiro atoms. The van der Waals surface area contributed by atoms with Gasteiger partial charge in [0.2, 0.25) is 0 Å². The van der Waals surface area contributed by atoms with Crippen molar-refractivity contribution in [3.05, 3.63) is 82.8 Å². The molecule has 0 bridgehead atoms. The zero-order chi connectivity index (χ0) is 22.1. The molecular formula is C25H24F3N3. The van der Waals surface area contributed by atoms with Crippen LogP contribution < -0.4 is 10.2 Å². The number of nitrogens with zero attached hydrogens (tertiary/aromatic N) is 2. The van der Waals surface area contributed by atoms with Crippen LogP contribution in [0.2, 0.25) is 0 Å². The molecule has 0 fully saturated rings. The number of nitrogens with one attached hydrogen (secondary N) is 1. The molecule has 3 atom stereocenters. The highest BCUT2D eigenvalue weighted by atomic mass is 19.1. The van der Waals surface area contributed by atoms with E-state index >= 15 is 0 Å². The topological polar surface area (TPSA) is 27.6 Å². The van der Waals surface area contributed by atoms with Gasteiger partial charge in [-0.1, -0.05) is 52.0 Å². The molecule has 1 N–H and O–H groups in total. The lowest BCUT2D eigenvalue weighted by Crippen LogP contribution is -2.52. The van der Waals surface area contributed by atoms with Gasteiger partial charge in [-0.3, -0.25) is 0 Å². The second-order valence-corrected chi connectivity index (χ2v) is 9.45. The van der Waals surface area contributed by atoms with Gasteiger partial charge in [0.1, 0.15) is 29.5 Å². The Morgan fingerprint density at radius 2 is 1.71 bits per heavy atom. The zero-order valence-corrected chi connectivity index (χ0v) is 17.9. The quantitative estimate of drug-likeness (QED) is 0.588. The fourth-order valence-electron chi connectivity index (χ4n) is 4.86. The Bertz CT molecular complexity index is 1150. The third-order valence-corrected chi connectivity index (χ3v) is 6.30. The number of allylic oxidation sites excluding steroid dienone is 3. The number of aliphatic imine (C=N–C) groups is 1. The number of benzene rings is 2. The fourth-order valence-corrected chi connectivity index (χ4v) is 4.86. The first-order chi connectivity index (χ1) is 14.7. The highest BCUT2D eigenvalue weighted by Crippen LogP contribution is 2.49. The summed E-state index contributed by atoms with van der Waals surface area (Å²) in [4.78, 5) is 6.75. The van der Waals surface area contributed by atoms with Crippen LogP contribution >= 0.6 is 0 Å². The van der Waals surface area contributed by atoms with Gasteiger partial charge in [-0.2, -0.15) is 0 Å². The Morgan fingerprint density at radius 1 is 1.03 bits per heavy atom. The summed E-state index contributed by atoms with van der Waals surface area (Å²) < 4.78 is 43.5. The predicted molar refractivity (Wildman–Crippen MR) is 117 cm³/mol. The van der Waals surface area contributed by atoms with Crippen LogP contribution in [0.3, 0.4) is 0 Å². The molecule has 0 saturated heterocycles. The van der Waals surface area contributed by atoms with Crippen molar-refractivity contribution in [3.8, 4) is 0 Å². The smallest absolute Gasteiger partial charge is 0.148 e. The molecule has 0 amide bonds. The largest absolute Gasteiger partial charge is 0.363 e. The van der Waals surface area contributed by atoms with Crippen molar-refractivity contribution in [2.75, 3.05) is 10.2 Å². The van der Waals surface area contributed by atoms with Crippen LogP contribution in [0, 0.1) is 34.7 Å². The molecule has 2 heterocycles. The molecule has 2 aromatic rings. The molecule has 5 rings (SSSR count). The van der Waals surface area contributed by atoms with E-state index in [4.69, 9.17) is 4.99 Å². The van der Waals surface area contributed by atoms with Crippen molar-refractivity contribution >= 4 is 17.2 Å². The van der Waals surface area contributed by atoms with Gasteiger partial charge in [-0.05, 0) is 29.0 Å². The van der Waals surface area contributed by atoms with E-state index in [0.717, 1.165) is 22.6 Å². The van der Waals surface area contributed by atoms with Gasteiger partial charge in [0.25, 0.3) is 0 Å². The lowest BCUT2D eigenvalue weighted by atomic mass is 9.73. The second-order valence-electron chi connectivity index (χ2n) is 9.45. The monoisotopic (exact) mass is 423 g/mol. The van der Waals surface area contributed by atoms with Crippen molar-refractivity contribution in [3.63, 3.8) is 0 Å². The summed E-state index contributed by atoms with van der Waals surface area (Å²) in [6.07, 6.45) is 3.99. The summed E-state index contributed by atoms with van der Waals surface area (Å²) in [7, 11) is 0. The standard InChI is InChI=1S/C25H24F3N3/c1-13-9-10-15(25(2,3)4)22-20(13)23-29-18-7-5-6-8-19(18)31(23)24(30-22)21-16(27)11-14(26)12-17(21)28/h5-13,20,23,29H,1-4H3. The Morgan fingerprint density at radius 3 is 2.39 bits per heavy atom. The van der Waals surface area contributed by atoms with Gasteiger partial charge in [-0.25, -0.2) is 18.2 Å². The van der Waals surface area contributed by atoms with Gasteiger partial charge in [-0.15, -0.1) is 0 Å². The van der Waals surface area contributed by atoms with Crippen LogP contribution in [0.4, 0.5) is 24.5 Å². The summed E-state index contributed by atoms with van der Waals surface area (Å²) >= 11 is 0. The maximum atomic E-state index is 14.9. The lowest BCUT2D eigenvalue weighted by Gasteiger charge is -2.44. The van der Waals surface area contributed by atoms with E-state index in [0.29, 0.717) is 12.1 Å². The van der Waals surface area contributed by atoms with Gasteiger partial charge in [0, 0.05) is 18.1 Å². The molecule has 2 aliphatic heterocycles. The highest BCUT2D eigenvalue weighted by molar-refractivity contribution is 6.14. The molecule has 3 aliphatic rings. The van der Waals surface area contributed by atoms with Crippen LogP contribution in [0.5, 0.6) is 0 Å². The van der Waals surface area contributed by atoms with E-state index in [9.17, 15) is 13.2 Å². The molecule has 3 nitrogen and oxygen atoms in total. The number of halogens is 3. The van der Waals surface area contributed by atoms with Crippen LogP contribution in [0.25, 0.3) is 0 Å². The maximum Gasteiger partial charge on any atom is 0.148 e. The maximum absolute atomic E-state index is 14.9. The zero-order valence-electron chi connectivity index (χ0n) is 17.9. The Labute approximate surface area is 180 Å². The minimum Gasteiger partial charge on any atom is -0.363 e. The Hall–Kier alpha value is -3.02. The number of rotatable bonds is 1. The first kappa shape index (κ1) is 19.9. The van der Waals surface area contributed by atoms with Gasteiger partial charge >= 0.3 is 0 Å². The summed E-state index contributed by atoms with van der Waals surface area (Å²) in [5.41, 5.74) is 3.02. The van der Waals surface area contributed by atoms with Gasteiger partial charge < -0.3 is 10.2 Å². The summed E-state index contributed by atoms with van der Waals surface area (Å²) in [5, 5.41) is 3.55. The van der Waals surface area contributed by atoms with Crippen LogP contribution in [-0.4, -0.2) is 12.0 Å². The molecule has 0 aromatic heterocycles. The van der Waals surface area contributed by atoms with Crippen molar-refractivity contribution < 1.29 is 13.2 Å². The molecular weight excluding hydrogens is 399 g/mol. The number of hydrogen-bond donors (Lipinski definition) is 1. The summed E-state index contributed by atoms with van der Waals surface area (Å²) in [5.74, 6) is -2.56. The second kappa shape index (κ2) is 6.74. The number of fused-ring (bicyclic) bond motifs is 5. The SMILES string of the molecule is CC1C=CC(C(C)(C)C)=C2N=C(c3c(F)cc(F)cc3F)N3c4ccccc4NC3C21.